The molecule has 134 valence electrons. The van der Waals surface area contributed by atoms with Crippen molar-refractivity contribution in [1.29, 1.82) is 0 Å². The van der Waals surface area contributed by atoms with Crippen LogP contribution in [0.1, 0.15) is 31.4 Å². The van der Waals surface area contributed by atoms with Crippen molar-refractivity contribution in [3.63, 3.8) is 0 Å². The summed E-state index contributed by atoms with van der Waals surface area (Å²) in [5, 5.41) is 2.11. The van der Waals surface area contributed by atoms with Crippen LogP contribution in [0.3, 0.4) is 0 Å². The molecule has 0 amide bonds. The Hall–Kier alpha value is -2.53. The molecule has 0 radical (unpaired) electrons. The molecule has 0 spiro atoms. The highest BCUT2D eigenvalue weighted by Crippen LogP contribution is 2.25. The van der Waals surface area contributed by atoms with Crippen molar-refractivity contribution in [2.75, 3.05) is 13.1 Å². The summed E-state index contributed by atoms with van der Waals surface area (Å²) in [6.45, 7) is 5.90. The molecule has 1 fully saturated rings. The van der Waals surface area contributed by atoms with Gasteiger partial charge in [-0.3, -0.25) is 14.7 Å². The number of ketones is 1. The second-order valence-corrected chi connectivity index (χ2v) is 7.04. The third-order valence-corrected chi connectivity index (χ3v) is 5.19. The topological polar surface area (TPSA) is 59.2 Å². The molecule has 2 aromatic heterocycles. The Morgan fingerprint density at radius 1 is 1.15 bits per heavy atom. The molecule has 1 atom stereocenters. The summed E-state index contributed by atoms with van der Waals surface area (Å²) >= 11 is 0. The van der Waals surface area contributed by atoms with Gasteiger partial charge in [-0.15, -0.1) is 0 Å². The summed E-state index contributed by atoms with van der Waals surface area (Å²) in [5.41, 5.74) is 1.80. The molecule has 1 aliphatic rings. The molecule has 1 saturated heterocycles. The number of oxazole rings is 1. The second-order valence-electron chi connectivity index (χ2n) is 7.04. The summed E-state index contributed by atoms with van der Waals surface area (Å²) in [6, 6.07) is 8.07. The number of benzene rings is 1. The fourth-order valence-corrected chi connectivity index (χ4v) is 3.59. The fourth-order valence-electron chi connectivity index (χ4n) is 3.59. The predicted molar refractivity (Wildman–Crippen MR) is 101 cm³/mol. The number of nitrogens with zero attached hydrogens (tertiary/aromatic N) is 3. The zero-order valence-electron chi connectivity index (χ0n) is 15.2. The van der Waals surface area contributed by atoms with E-state index < -0.39 is 0 Å². The van der Waals surface area contributed by atoms with Gasteiger partial charge in [-0.1, -0.05) is 12.1 Å². The van der Waals surface area contributed by atoms with Crippen molar-refractivity contribution in [3.8, 4) is 11.3 Å². The van der Waals surface area contributed by atoms with E-state index in [4.69, 9.17) is 4.42 Å². The van der Waals surface area contributed by atoms with E-state index in [1.54, 1.807) is 6.20 Å². The Balaban J connectivity index is 1.57. The van der Waals surface area contributed by atoms with E-state index in [9.17, 15) is 4.79 Å². The van der Waals surface area contributed by atoms with Crippen molar-refractivity contribution in [2.45, 2.75) is 39.2 Å². The number of hydrogen-bond donors (Lipinski definition) is 0. The van der Waals surface area contributed by atoms with Crippen LogP contribution in [0.2, 0.25) is 0 Å². The van der Waals surface area contributed by atoms with Crippen LogP contribution in [-0.4, -0.2) is 39.8 Å². The average Bonchev–Trinajstić information content (AvgIpc) is 3.32. The summed E-state index contributed by atoms with van der Waals surface area (Å²) in [5.74, 6) is 1.64. The number of hydrogen-bond acceptors (Lipinski definition) is 5. The van der Waals surface area contributed by atoms with E-state index >= 15 is 0 Å². The van der Waals surface area contributed by atoms with Crippen molar-refractivity contribution < 1.29 is 9.21 Å². The maximum Gasteiger partial charge on any atom is 0.191 e. The lowest BCUT2D eigenvalue weighted by Crippen LogP contribution is -2.37. The van der Waals surface area contributed by atoms with Gasteiger partial charge in [0.15, 0.2) is 17.4 Å². The highest BCUT2D eigenvalue weighted by atomic mass is 16.4. The number of rotatable bonds is 5. The molecular formula is C21H23N3O2. The van der Waals surface area contributed by atoms with Crippen LogP contribution < -0.4 is 0 Å². The standard InChI is InChI=1S/C21H23N3O2/c1-14(24-7-3-4-8-24)20(25)11-19-10-18-9-16(5-6-17(18)12-23-19)21-13-22-15(2)26-21/h5-6,9-10,12-14H,3-4,7-8,11H2,1-2H3/t14-/m0/s1. The number of likely N-dealkylation sites (tertiary alicyclic amines) is 1. The van der Waals surface area contributed by atoms with Crippen LogP contribution in [0.15, 0.2) is 41.1 Å². The van der Waals surface area contributed by atoms with Crippen molar-refractivity contribution in [2.24, 2.45) is 0 Å². The van der Waals surface area contributed by atoms with E-state index in [2.05, 4.69) is 20.9 Å². The van der Waals surface area contributed by atoms with Crippen LogP contribution in [-0.2, 0) is 11.2 Å². The normalized spacial score (nSPS) is 16.2. The highest BCUT2D eigenvalue weighted by Gasteiger charge is 2.24. The Bertz CT molecular complexity index is 941. The molecule has 0 saturated carbocycles. The molecule has 1 aromatic carbocycles. The first-order valence-electron chi connectivity index (χ1n) is 9.18. The summed E-state index contributed by atoms with van der Waals surface area (Å²) in [7, 11) is 0. The number of fused-ring (bicyclic) bond motifs is 1. The molecule has 0 aliphatic carbocycles. The van der Waals surface area contributed by atoms with Crippen LogP contribution in [0, 0.1) is 6.92 Å². The second kappa shape index (κ2) is 7.00. The average molecular weight is 349 g/mol. The van der Waals surface area contributed by atoms with Gasteiger partial charge in [0.2, 0.25) is 0 Å². The molecule has 3 aromatic rings. The first kappa shape index (κ1) is 16.9. The lowest BCUT2D eigenvalue weighted by molar-refractivity contribution is -0.122. The van der Waals surface area contributed by atoms with E-state index in [1.807, 2.05) is 38.2 Å². The predicted octanol–water partition coefficient (Wildman–Crippen LogP) is 3.79. The Kier molecular flexibility index (Phi) is 4.55. The molecule has 3 heterocycles. The van der Waals surface area contributed by atoms with Crippen molar-refractivity contribution in [3.05, 3.63) is 48.2 Å². The van der Waals surface area contributed by atoms with E-state index in [1.165, 1.54) is 12.8 Å². The third kappa shape index (κ3) is 3.40. The van der Waals surface area contributed by atoms with Gasteiger partial charge >= 0.3 is 0 Å². The number of carbonyl (C=O) groups excluding carboxylic acids is 1. The van der Waals surface area contributed by atoms with Gasteiger partial charge in [0.1, 0.15) is 0 Å². The van der Waals surface area contributed by atoms with Crippen molar-refractivity contribution in [1.82, 2.24) is 14.9 Å². The molecule has 4 rings (SSSR count). The first-order chi connectivity index (χ1) is 12.6. The lowest BCUT2D eigenvalue weighted by Gasteiger charge is -2.22. The van der Waals surface area contributed by atoms with Crippen LogP contribution in [0.5, 0.6) is 0 Å². The minimum atomic E-state index is -0.0292. The lowest BCUT2D eigenvalue weighted by atomic mass is 10.0. The zero-order chi connectivity index (χ0) is 18.1. The Morgan fingerprint density at radius 3 is 2.69 bits per heavy atom. The van der Waals surface area contributed by atoms with Crippen LogP contribution >= 0.6 is 0 Å². The molecule has 1 aliphatic heterocycles. The highest BCUT2D eigenvalue weighted by molar-refractivity contribution is 5.89. The molecular weight excluding hydrogens is 326 g/mol. The van der Waals surface area contributed by atoms with E-state index in [0.29, 0.717) is 12.3 Å². The molecule has 5 heteroatoms. The van der Waals surface area contributed by atoms with E-state index in [0.717, 1.165) is 40.9 Å². The van der Waals surface area contributed by atoms with Gasteiger partial charge in [0, 0.05) is 29.8 Å². The van der Waals surface area contributed by atoms with Gasteiger partial charge in [0.25, 0.3) is 0 Å². The minimum absolute atomic E-state index is 0.0292. The number of carbonyl (C=O) groups is 1. The fraction of sp³-hybridized carbons (Fsp3) is 0.381. The number of pyridine rings is 1. The van der Waals surface area contributed by atoms with Crippen LogP contribution in [0.4, 0.5) is 0 Å². The summed E-state index contributed by atoms with van der Waals surface area (Å²) in [4.78, 5) is 23.5. The Labute approximate surface area is 153 Å². The minimum Gasteiger partial charge on any atom is -0.441 e. The number of Topliss-reactive ketones (excluding diaryl/α,β-unsaturated/α-hetero) is 1. The SMILES string of the molecule is Cc1ncc(-c2ccc3cnc(CC(=O)[C@H](C)N4CCCC4)cc3c2)o1. The van der Waals surface area contributed by atoms with Gasteiger partial charge in [-0.25, -0.2) is 4.98 Å². The summed E-state index contributed by atoms with van der Waals surface area (Å²) < 4.78 is 5.62. The number of aromatic nitrogens is 2. The van der Waals surface area contributed by atoms with Crippen molar-refractivity contribution >= 4 is 16.6 Å². The molecule has 5 nitrogen and oxygen atoms in total. The van der Waals surface area contributed by atoms with E-state index in [-0.39, 0.29) is 11.8 Å². The quantitative estimate of drug-likeness (QED) is 0.701. The van der Waals surface area contributed by atoms with Gasteiger partial charge in [-0.05, 0) is 50.4 Å². The van der Waals surface area contributed by atoms with Gasteiger partial charge in [0.05, 0.1) is 18.7 Å². The zero-order valence-corrected chi connectivity index (χ0v) is 15.2. The maximum absolute atomic E-state index is 12.6. The monoisotopic (exact) mass is 349 g/mol. The largest absolute Gasteiger partial charge is 0.441 e. The van der Waals surface area contributed by atoms with Gasteiger partial charge in [-0.2, -0.15) is 0 Å². The number of aryl methyl sites for hydroxylation is 1. The van der Waals surface area contributed by atoms with Crippen LogP contribution in [0.25, 0.3) is 22.1 Å². The molecule has 0 unspecified atom stereocenters. The molecule has 26 heavy (non-hydrogen) atoms. The smallest absolute Gasteiger partial charge is 0.191 e. The molecule has 0 bridgehead atoms. The summed E-state index contributed by atoms with van der Waals surface area (Å²) in [6.07, 6.45) is 6.33. The Morgan fingerprint density at radius 2 is 1.96 bits per heavy atom. The molecule has 0 N–H and O–H groups in total. The first-order valence-corrected chi connectivity index (χ1v) is 9.18. The maximum atomic E-state index is 12.6. The van der Waals surface area contributed by atoms with Gasteiger partial charge < -0.3 is 4.42 Å². The third-order valence-electron chi connectivity index (χ3n) is 5.19.